The number of ether oxygens (including phenoxy) is 2. The quantitative estimate of drug-likeness (QED) is 0.249. The van der Waals surface area contributed by atoms with Crippen LogP contribution in [-0.2, 0) is 13.1 Å². The lowest BCUT2D eigenvalue weighted by molar-refractivity contribution is 0.213. The van der Waals surface area contributed by atoms with E-state index in [-0.39, 0.29) is 30.1 Å². The lowest BCUT2D eigenvalue weighted by atomic mass is 10.1. The summed E-state index contributed by atoms with van der Waals surface area (Å²) < 4.78 is 13.4. The Morgan fingerprint density at radius 3 is 2.58 bits per heavy atom. The molecule has 0 aliphatic rings. The van der Waals surface area contributed by atoms with Crippen LogP contribution in [0.25, 0.3) is 0 Å². The minimum atomic E-state index is -0.0571. The Balaban J connectivity index is 0.00000341. The van der Waals surface area contributed by atoms with Crippen LogP contribution in [0.15, 0.2) is 72.2 Å². The summed E-state index contributed by atoms with van der Waals surface area (Å²) in [5.74, 6) is 2.18. The summed E-state index contributed by atoms with van der Waals surface area (Å²) in [5.41, 5.74) is 2.42. The maximum Gasteiger partial charge on any atom is 0.191 e. The Kier molecular flexibility index (Phi) is 10.2. The third-order valence-electron chi connectivity index (χ3n) is 4.55. The Morgan fingerprint density at radius 2 is 1.87 bits per heavy atom. The topological polar surface area (TPSA) is 72.7 Å². The van der Waals surface area contributed by atoms with E-state index in [4.69, 9.17) is 9.47 Å². The van der Waals surface area contributed by atoms with Gasteiger partial charge in [0.25, 0.3) is 0 Å². The van der Waals surface area contributed by atoms with E-state index in [2.05, 4.69) is 49.4 Å². The molecule has 8 heteroatoms. The Labute approximate surface area is 200 Å². The average Bonchev–Trinajstić information content (AvgIpc) is 3.27. The van der Waals surface area contributed by atoms with Crippen LogP contribution in [0.5, 0.6) is 11.5 Å². The normalized spacial score (nSPS) is 11.9. The number of nitrogens with zero attached hydrogens (tertiary/aromatic N) is 3. The third kappa shape index (κ3) is 7.78. The van der Waals surface area contributed by atoms with E-state index in [0.717, 1.165) is 24.0 Å². The van der Waals surface area contributed by atoms with Gasteiger partial charge in [0.2, 0.25) is 0 Å². The van der Waals surface area contributed by atoms with Crippen molar-refractivity contribution in [3.05, 3.63) is 78.4 Å². The van der Waals surface area contributed by atoms with E-state index >= 15 is 0 Å². The largest absolute Gasteiger partial charge is 0.493 e. The van der Waals surface area contributed by atoms with Crippen LogP contribution in [0.4, 0.5) is 0 Å². The second-order valence-electron chi connectivity index (χ2n) is 6.94. The van der Waals surface area contributed by atoms with Gasteiger partial charge in [-0.3, -0.25) is 4.99 Å². The summed E-state index contributed by atoms with van der Waals surface area (Å²) in [4.78, 5) is 8.39. The molecular formula is C23H30IN5O2. The molecule has 0 saturated heterocycles. The van der Waals surface area contributed by atoms with Crippen LogP contribution in [0, 0.1) is 0 Å². The Bertz CT molecular complexity index is 947. The Morgan fingerprint density at radius 1 is 1.10 bits per heavy atom. The number of imidazole rings is 1. The first kappa shape index (κ1) is 24.5. The van der Waals surface area contributed by atoms with Gasteiger partial charge in [-0.05, 0) is 30.2 Å². The van der Waals surface area contributed by atoms with E-state index < -0.39 is 0 Å². The van der Waals surface area contributed by atoms with Gasteiger partial charge in [-0.2, -0.15) is 0 Å². The van der Waals surface area contributed by atoms with Gasteiger partial charge in [0.1, 0.15) is 6.10 Å². The third-order valence-corrected chi connectivity index (χ3v) is 4.55. The van der Waals surface area contributed by atoms with Crippen LogP contribution in [0.1, 0.15) is 18.1 Å². The van der Waals surface area contributed by atoms with Crippen molar-refractivity contribution in [3.8, 4) is 11.5 Å². The van der Waals surface area contributed by atoms with Gasteiger partial charge >= 0.3 is 0 Å². The molecule has 1 heterocycles. The molecule has 0 fully saturated rings. The lowest BCUT2D eigenvalue weighted by Gasteiger charge is -2.19. The lowest BCUT2D eigenvalue weighted by Crippen LogP contribution is -2.41. The molecule has 0 bridgehead atoms. The molecule has 3 aromatic rings. The van der Waals surface area contributed by atoms with Gasteiger partial charge < -0.3 is 24.7 Å². The van der Waals surface area contributed by atoms with Gasteiger partial charge in [0.15, 0.2) is 17.5 Å². The van der Waals surface area contributed by atoms with Crippen LogP contribution >= 0.6 is 24.0 Å². The summed E-state index contributed by atoms with van der Waals surface area (Å²) in [5, 5.41) is 6.66. The molecule has 166 valence electrons. The minimum Gasteiger partial charge on any atom is -0.493 e. The summed E-state index contributed by atoms with van der Waals surface area (Å²) in [6.07, 6.45) is 5.52. The van der Waals surface area contributed by atoms with Crippen LogP contribution in [0.3, 0.4) is 0 Å². The molecule has 2 aromatic carbocycles. The van der Waals surface area contributed by atoms with Crippen molar-refractivity contribution in [1.29, 1.82) is 0 Å². The van der Waals surface area contributed by atoms with Crippen LogP contribution in [0.2, 0.25) is 0 Å². The summed E-state index contributed by atoms with van der Waals surface area (Å²) in [6.45, 7) is 4.10. The van der Waals surface area contributed by atoms with Gasteiger partial charge in [0, 0.05) is 32.5 Å². The number of hydrogen-bond donors (Lipinski definition) is 2. The molecule has 2 N–H and O–H groups in total. The fraction of sp³-hybridized carbons (Fsp3) is 0.304. The second kappa shape index (κ2) is 12.8. The number of rotatable bonds is 9. The van der Waals surface area contributed by atoms with Gasteiger partial charge in [-0.15, -0.1) is 24.0 Å². The zero-order valence-electron chi connectivity index (χ0n) is 18.1. The minimum absolute atomic E-state index is 0. The van der Waals surface area contributed by atoms with Gasteiger partial charge in [-0.25, -0.2) is 4.98 Å². The molecule has 0 saturated carbocycles. The highest BCUT2D eigenvalue weighted by molar-refractivity contribution is 14.0. The number of nitrogens with one attached hydrogen (secondary N) is 2. The van der Waals surface area contributed by atoms with Crippen molar-refractivity contribution in [2.24, 2.45) is 4.99 Å². The predicted octanol–water partition coefficient (Wildman–Crippen LogP) is 3.69. The highest BCUT2D eigenvalue weighted by atomic mass is 127. The van der Waals surface area contributed by atoms with Crippen molar-refractivity contribution in [2.75, 3.05) is 20.7 Å². The van der Waals surface area contributed by atoms with E-state index in [1.165, 1.54) is 11.1 Å². The number of halogens is 1. The van der Waals surface area contributed by atoms with Gasteiger partial charge in [0.05, 0.1) is 20.0 Å². The SMILES string of the molecule is CN=C(NCc1cccc(Cn2ccnc2)c1)NCC(C)Oc1ccccc1OC.I. The smallest absolute Gasteiger partial charge is 0.191 e. The predicted molar refractivity (Wildman–Crippen MR) is 134 cm³/mol. The molecule has 1 unspecified atom stereocenters. The first-order valence-corrected chi connectivity index (χ1v) is 9.95. The maximum atomic E-state index is 5.98. The molecule has 0 aliphatic carbocycles. The number of methoxy groups -OCH3 is 1. The molecule has 7 nitrogen and oxygen atoms in total. The van der Waals surface area contributed by atoms with E-state index in [1.54, 1.807) is 20.4 Å². The highest BCUT2D eigenvalue weighted by Crippen LogP contribution is 2.26. The Hall–Kier alpha value is -2.75. The fourth-order valence-corrected chi connectivity index (χ4v) is 3.05. The van der Waals surface area contributed by atoms with Crippen molar-refractivity contribution in [3.63, 3.8) is 0 Å². The van der Waals surface area contributed by atoms with Crippen molar-refractivity contribution >= 4 is 29.9 Å². The first-order valence-electron chi connectivity index (χ1n) is 9.95. The number of aliphatic imine (C=N–C) groups is 1. The van der Waals surface area contributed by atoms with Crippen molar-refractivity contribution in [1.82, 2.24) is 20.2 Å². The second-order valence-corrected chi connectivity index (χ2v) is 6.94. The molecule has 0 aliphatic heterocycles. The highest BCUT2D eigenvalue weighted by Gasteiger charge is 2.09. The number of hydrogen-bond acceptors (Lipinski definition) is 4. The fourth-order valence-electron chi connectivity index (χ4n) is 3.05. The van der Waals surface area contributed by atoms with Gasteiger partial charge in [-0.1, -0.05) is 36.4 Å². The number of para-hydroxylation sites is 2. The number of benzene rings is 2. The molecule has 3 rings (SSSR count). The zero-order chi connectivity index (χ0) is 21.2. The maximum absolute atomic E-state index is 5.98. The molecule has 1 atom stereocenters. The van der Waals surface area contributed by atoms with E-state index in [1.807, 2.05) is 43.7 Å². The standard InChI is InChI=1S/C23H29N5O2.HI/c1-18(30-22-10-5-4-9-21(22)29-3)14-26-23(24-2)27-15-19-7-6-8-20(13-19)16-28-12-11-25-17-28;/h4-13,17-18H,14-16H2,1-3H3,(H2,24,26,27);1H. The average molecular weight is 535 g/mol. The molecular weight excluding hydrogens is 505 g/mol. The molecule has 0 radical (unpaired) electrons. The van der Waals surface area contributed by atoms with Crippen molar-refractivity contribution < 1.29 is 9.47 Å². The molecule has 0 spiro atoms. The number of aromatic nitrogens is 2. The zero-order valence-corrected chi connectivity index (χ0v) is 20.4. The summed E-state index contributed by atoms with van der Waals surface area (Å²) >= 11 is 0. The van der Waals surface area contributed by atoms with Crippen LogP contribution in [-0.4, -0.2) is 42.3 Å². The first-order chi connectivity index (χ1) is 14.7. The summed E-state index contributed by atoms with van der Waals surface area (Å²) in [7, 11) is 3.40. The van der Waals surface area contributed by atoms with Crippen molar-refractivity contribution in [2.45, 2.75) is 26.1 Å². The monoisotopic (exact) mass is 535 g/mol. The van der Waals surface area contributed by atoms with E-state index in [0.29, 0.717) is 13.1 Å². The molecule has 31 heavy (non-hydrogen) atoms. The molecule has 1 aromatic heterocycles. The molecule has 0 amide bonds. The van der Waals surface area contributed by atoms with Crippen LogP contribution < -0.4 is 20.1 Å². The number of guanidine groups is 1. The summed E-state index contributed by atoms with van der Waals surface area (Å²) in [6, 6.07) is 16.1. The van der Waals surface area contributed by atoms with E-state index in [9.17, 15) is 0 Å².